The highest BCUT2D eigenvalue weighted by atomic mass is 19.1. The Balaban J connectivity index is 2.49. The summed E-state index contributed by atoms with van der Waals surface area (Å²) in [6, 6.07) is 4.62. The number of ether oxygens (including phenoxy) is 1. The second-order valence-electron chi connectivity index (χ2n) is 4.70. The third kappa shape index (κ3) is 4.87. The van der Waals surface area contributed by atoms with Gasteiger partial charge in [-0.3, -0.25) is 0 Å². The molecule has 0 aromatic heterocycles. The fraction of sp³-hybridized carbons (Fsp3) is 0.429. The van der Waals surface area contributed by atoms with Crippen molar-refractivity contribution in [2.24, 2.45) is 5.92 Å². The predicted octanol–water partition coefficient (Wildman–Crippen LogP) is 1.82. The molecule has 5 nitrogen and oxygen atoms in total. The van der Waals surface area contributed by atoms with E-state index < -0.39 is 18.0 Å². The normalized spacial score (nSPS) is 11.8. The van der Waals surface area contributed by atoms with Gasteiger partial charge in [-0.05, 0) is 23.6 Å². The van der Waals surface area contributed by atoms with Crippen molar-refractivity contribution in [2.75, 3.05) is 7.11 Å². The Labute approximate surface area is 117 Å². The topological polar surface area (TPSA) is 67.4 Å². The average molecular weight is 282 g/mol. The van der Waals surface area contributed by atoms with Crippen LogP contribution in [0.3, 0.4) is 0 Å². The Morgan fingerprint density at radius 2 is 1.85 bits per heavy atom. The van der Waals surface area contributed by atoms with E-state index >= 15 is 0 Å². The molecule has 2 amide bonds. The van der Waals surface area contributed by atoms with E-state index in [0.29, 0.717) is 0 Å². The molecule has 0 saturated heterocycles. The molecule has 20 heavy (non-hydrogen) atoms. The van der Waals surface area contributed by atoms with Crippen molar-refractivity contribution in [1.82, 2.24) is 10.6 Å². The van der Waals surface area contributed by atoms with E-state index in [-0.39, 0.29) is 18.3 Å². The number of esters is 1. The monoisotopic (exact) mass is 282 g/mol. The first kappa shape index (κ1) is 15.9. The van der Waals surface area contributed by atoms with E-state index in [1.54, 1.807) is 12.1 Å². The molecule has 1 aromatic rings. The van der Waals surface area contributed by atoms with Gasteiger partial charge >= 0.3 is 12.0 Å². The predicted molar refractivity (Wildman–Crippen MR) is 72.4 cm³/mol. The summed E-state index contributed by atoms with van der Waals surface area (Å²) in [4.78, 5) is 23.2. The van der Waals surface area contributed by atoms with Gasteiger partial charge in [0.05, 0.1) is 7.11 Å². The molecule has 6 heteroatoms. The highest BCUT2D eigenvalue weighted by Crippen LogP contribution is 2.04. The van der Waals surface area contributed by atoms with Crippen molar-refractivity contribution < 1.29 is 18.7 Å². The number of halogens is 1. The summed E-state index contributed by atoms with van der Waals surface area (Å²) >= 11 is 0. The van der Waals surface area contributed by atoms with Gasteiger partial charge in [-0.15, -0.1) is 0 Å². The van der Waals surface area contributed by atoms with Crippen LogP contribution in [0.4, 0.5) is 9.18 Å². The molecule has 0 spiro atoms. The zero-order valence-corrected chi connectivity index (χ0v) is 11.8. The Bertz CT molecular complexity index is 460. The van der Waals surface area contributed by atoms with Gasteiger partial charge in [-0.25, -0.2) is 14.0 Å². The molecule has 0 saturated carbocycles. The molecule has 0 bridgehead atoms. The quantitative estimate of drug-likeness (QED) is 0.810. The average Bonchev–Trinajstić information content (AvgIpc) is 2.43. The first-order valence-electron chi connectivity index (χ1n) is 6.30. The standard InChI is InChI=1S/C14H19FN2O3/c1-9(2)12(13(18)20-3)17-14(19)16-8-10-4-6-11(15)7-5-10/h4-7,9,12H,8H2,1-3H3,(H2,16,17,19)/t12-/m0/s1. The summed E-state index contributed by atoms with van der Waals surface area (Å²) in [6.07, 6.45) is 0. The number of hydrogen-bond donors (Lipinski definition) is 2. The lowest BCUT2D eigenvalue weighted by Gasteiger charge is -2.20. The molecule has 1 atom stereocenters. The van der Waals surface area contributed by atoms with Crippen LogP contribution in [0, 0.1) is 11.7 Å². The molecular formula is C14H19FN2O3. The van der Waals surface area contributed by atoms with Gasteiger partial charge in [0.15, 0.2) is 0 Å². The second kappa shape index (κ2) is 7.47. The van der Waals surface area contributed by atoms with E-state index in [2.05, 4.69) is 15.4 Å². The Kier molecular flexibility index (Phi) is 5.96. The zero-order chi connectivity index (χ0) is 15.1. The summed E-state index contributed by atoms with van der Waals surface area (Å²) in [6.45, 7) is 3.86. The number of hydrogen-bond acceptors (Lipinski definition) is 3. The molecule has 0 unspecified atom stereocenters. The number of rotatable bonds is 5. The fourth-order valence-electron chi connectivity index (χ4n) is 1.60. The molecular weight excluding hydrogens is 263 g/mol. The van der Waals surface area contributed by atoms with Crippen LogP contribution in [0.2, 0.25) is 0 Å². The lowest BCUT2D eigenvalue weighted by atomic mass is 10.1. The molecule has 0 aliphatic heterocycles. The SMILES string of the molecule is COC(=O)[C@@H](NC(=O)NCc1ccc(F)cc1)C(C)C. The zero-order valence-electron chi connectivity index (χ0n) is 11.8. The highest BCUT2D eigenvalue weighted by Gasteiger charge is 2.24. The van der Waals surface area contributed by atoms with Crippen molar-refractivity contribution in [3.63, 3.8) is 0 Å². The molecule has 0 fully saturated rings. The highest BCUT2D eigenvalue weighted by molar-refractivity contribution is 5.83. The molecule has 1 aromatic carbocycles. The largest absolute Gasteiger partial charge is 0.467 e. The third-order valence-electron chi connectivity index (χ3n) is 2.77. The number of amides is 2. The molecule has 1 rings (SSSR count). The van der Waals surface area contributed by atoms with Gasteiger partial charge < -0.3 is 15.4 Å². The van der Waals surface area contributed by atoms with Gasteiger partial charge in [-0.1, -0.05) is 26.0 Å². The van der Waals surface area contributed by atoms with Crippen molar-refractivity contribution in [2.45, 2.75) is 26.4 Å². The lowest BCUT2D eigenvalue weighted by Crippen LogP contribution is -2.48. The van der Waals surface area contributed by atoms with Gasteiger partial charge in [0.2, 0.25) is 0 Å². The Morgan fingerprint density at radius 3 is 2.35 bits per heavy atom. The first-order valence-corrected chi connectivity index (χ1v) is 6.30. The van der Waals surface area contributed by atoms with Gasteiger partial charge in [0.1, 0.15) is 11.9 Å². The smallest absolute Gasteiger partial charge is 0.328 e. The lowest BCUT2D eigenvalue weighted by molar-refractivity contribution is -0.143. The van der Waals surface area contributed by atoms with Gasteiger partial charge in [0, 0.05) is 6.54 Å². The number of carbonyl (C=O) groups excluding carboxylic acids is 2. The van der Waals surface area contributed by atoms with Crippen LogP contribution >= 0.6 is 0 Å². The number of benzene rings is 1. The minimum Gasteiger partial charge on any atom is -0.467 e. The van der Waals surface area contributed by atoms with Crippen molar-refractivity contribution in [3.05, 3.63) is 35.6 Å². The van der Waals surface area contributed by atoms with Crippen LogP contribution in [0.15, 0.2) is 24.3 Å². The minimum absolute atomic E-state index is 0.0842. The molecule has 110 valence electrons. The number of urea groups is 1. The van der Waals surface area contributed by atoms with Crippen LogP contribution in [0.1, 0.15) is 19.4 Å². The summed E-state index contributed by atoms with van der Waals surface area (Å²) in [5.41, 5.74) is 0.765. The molecule has 0 aliphatic carbocycles. The van der Waals surface area contributed by atoms with Gasteiger partial charge in [0.25, 0.3) is 0 Å². The molecule has 0 heterocycles. The van der Waals surface area contributed by atoms with Crippen molar-refractivity contribution in [1.29, 1.82) is 0 Å². The maximum absolute atomic E-state index is 12.7. The number of methoxy groups -OCH3 is 1. The summed E-state index contributed by atoms with van der Waals surface area (Å²) in [5.74, 6) is -0.903. The van der Waals surface area contributed by atoms with E-state index in [9.17, 15) is 14.0 Å². The van der Waals surface area contributed by atoms with Crippen LogP contribution in [-0.4, -0.2) is 25.2 Å². The summed E-state index contributed by atoms with van der Waals surface area (Å²) in [5, 5.41) is 5.15. The Hall–Kier alpha value is -2.11. The molecule has 0 radical (unpaired) electrons. The van der Waals surface area contributed by atoms with Gasteiger partial charge in [-0.2, -0.15) is 0 Å². The van der Waals surface area contributed by atoms with Crippen molar-refractivity contribution in [3.8, 4) is 0 Å². The summed E-state index contributed by atoms with van der Waals surface area (Å²) < 4.78 is 17.4. The molecule has 2 N–H and O–H groups in total. The Morgan fingerprint density at radius 1 is 1.25 bits per heavy atom. The summed E-state index contributed by atoms with van der Waals surface area (Å²) in [7, 11) is 1.27. The van der Waals surface area contributed by atoms with E-state index in [4.69, 9.17) is 0 Å². The van der Waals surface area contributed by atoms with Crippen LogP contribution in [0.25, 0.3) is 0 Å². The maximum Gasteiger partial charge on any atom is 0.328 e. The van der Waals surface area contributed by atoms with Crippen LogP contribution in [-0.2, 0) is 16.1 Å². The van der Waals surface area contributed by atoms with E-state index in [0.717, 1.165) is 5.56 Å². The van der Waals surface area contributed by atoms with E-state index in [1.807, 2.05) is 13.8 Å². The number of carbonyl (C=O) groups is 2. The second-order valence-corrected chi connectivity index (χ2v) is 4.70. The molecule has 0 aliphatic rings. The van der Waals surface area contributed by atoms with Crippen LogP contribution in [0.5, 0.6) is 0 Å². The fourth-order valence-corrected chi connectivity index (χ4v) is 1.60. The van der Waals surface area contributed by atoms with E-state index in [1.165, 1.54) is 19.2 Å². The number of nitrogens with one attached hydrogen (secondary N) is 2. The maximum atomic E-state index is 12.7. The van der Waals surface area contributed by atoms with Crippen molar-refractivity contribution >= 4 is 12.0 Å². The third-order valence-corrected chi connectivity index (χ3v) is 2.77. The van der Waals surface area contributed by atoms with Crippen LogP contribution < -0.4 is 10.6 Å². The first-order chi connectivity index (χ1) is 9.43. The minimum atomic E-state index is -0.701.